The van der Waals surface area contributed by atoms with Crippen molar-refractivity contribution in [2.45, 2.75) is 0 Å². The van der Waals surface area contributed by atoms with E-state index in [-0.39, 0.29) is 5.91 Å². The van der Waals surface area contributed by atoms with Gasteiger partial charge in [0.1, 0.15) is 11.3 Å². The number of hydrogen-bond acceptors (Lipinski definition) is 4. The number of pyridine rings is 1. The van der Waals surface area contributed by atoms with Gasteiger partial charge >= 0.3 is 0 Å². The van der Waals surface area contributed by atoms with E-state index in [1.54, 1.807) is 36.3 Å². The van der Waals surface area contributed by atoms with E-state index in [1.807, 2.05) is 48.5 Å². The summed E-state index contributed by atoms with van der Waals surface area (Å²) in [5.74, 6) is 1.13. The van der Waals surface area contributed by atoms with Crippen molar-refractivity contribution in [2.75, 3.05) is 12.5 Å². The van der Waals surface area contributed by atoms with Gasteiger partial charge in [0.2, 0.25) is 0 Å². The number of hydrogen-bond donors (Lipinski definition) is 2. The van der Waals surface area contributed by atoms with E-state index in [2.05, 4.69) is 15.4 Å². The number of imidazole rings is 1. The quantitative estimate of drug-likeness (QED) is 0.492. The number of carbonyl (C=O) groups excluding carboxylic acids is 1. The molecule has 0 aliphatic heterocycles. The standard InChI is InChI=1S/C22H17N5O2/c1-29-16-8-6-14(7-9-16)20-25-19-17-4-2-3-5-18(17)24-21(19)27(20)26-22(28)15-10-12-23-13-11-15/h2-13,24H,1H3,(H,26,28). The smallest absolute Gasteiger partial charge is 0.270 e. The summed E-state index contributed by atoms with van der Waals surface area (Å²) in [6.45, 7) is 0. The van der Waals surface area contributed by atoms with E-state index in [0.717, 1.165) is 33.4 Å². The maximum atomic E-state index is 12.8. The molecule has 0 bridgehead atoms. The Balaban J connectivity index is 1.68. The van der Waals surface area contributed by atoms with Gasteiger partial charge in [0.25, 0.3) is 5.91 Å². The molecule has 0 saturated carbocycles. The summed E-state index contributed by atoms with van der Waals surface area (Å²) in [7, 11) is 1.63. The molecule has 0 spiro atoms. The Labute approximate surface area is 166 Å². The minimum Gasteiger partial charge on any atom is -0.497 e. The number of fused-ring (bicyclic) bond motifs is 3. The second-order valence-electron chi connectivity index (χ2n) is 6.54. The lowest BCUT2D eigenvalue weighted by Crippen LogP contribution is -2.23. The van der Waals surface area contributed by atoms with Crippen molar-refractivity contribution >= 4 is 28.0 Å². The zero-order valence-corrected chi connectivity index (χ0v) is 15.6. The number of nitrogens with one attached hydrogen (secondary N) is 2. The molecule has 0 aliphatic carbocycles. The fraction of sp³-hybridized carbons (Fsp3) is 0.0455. The molecular formula is C22H17N5O2. The highest BCUT2D eigenvalue weighted by Crippen LogP contribution is 2.30. The van der Waals surface area contributed by atoms with Crippen LogP contribution in [0.2, 0.25) is 0 Å². The van der Waals surface area contributed by atoms with Crippen molar-refractivity contribution in [1.82, 2.24) is 19.6 Å². The molecule has 5 aromatic rings. The van der Waals surface area contributed by atoms with Gasteiger partial charge in [-0.05, 0) is 42.5 Å². The summed E-state index contributed by atoms with van der Waals surface area (Å²) < 4.78 is 6.94. The molecule has 0 saturated heterocycles. The van der Waals surface area contributed by atoms with E-state index in [9.17, 15) is 4.79 Å². The molecule has 0 fully saturated rings. The summed E-state index contributed by atoms with van der Waals surface area (Å²) >= 11 is 0. The van der Waals surface area contributed by atoms with E-state index in [0.29, 0.717) is 11.4 Å². The number of methoxy groups -OCH3 is 1. The molecule has 0 unspecified atom stereocenters. The predicted octanol–water partition coefficient (Wildman–Crippen LogP) is 3.97. The lowest BCUT2D eigenvalue weighted by molar-refractivity contribution is 0.101. The minimum absolute atomic E-state index is 0.250. The fourth-order valence-corrected chi connectivity index (χ4v) is 3.36. The molecular weight excluding hydrogens is 366 g/mol. The molecule has 2 N–H and O–H groups in total. The minimum atomic E-state index is -0.250. The van der Waals surface area contributed by atoms with Crippen LogP contribution in [0.15, 0.2) is 73.1 Å². The summed E-state index contributed by atoms with van der Waals surface area (Å²) in [6.07, 6.45) is 3.18. The molecule has 0 radical (unpaired) electrons. The molecule has 29 heavy (non-hydrogen) atoms. The molecule has 0 aliphatic rings. The van der Waals surface area contributed by atoms with Crippen LogP contribution in [-0.2, 0) is 0 Å². The Kier molecular flexibility index (Phi) is 3.98. The summed E-state index contributed by atoms with van der Waals surface area (Å²) in [5, 5.41) is 0.995. The summed E-state index contributed by atoms with van der Waals surface area (Å²) in [4.78, 5) is 25.0. The number of carbonyl (C=O) groups is 1. The summed E-state index contributed by atoms with van der Waals surface area (Å²) in [6, 6.07) is 18.8. The van der Waals surface area contributed by atoms with E-state index >= 15 is 0 Å². The van der Waals surface area contributed by atoms with E-state index in [1.165, 1.54) is 0 Å². The molecule has 0 atom stereocenters. The van der Waals surface area contributed by atoms with Gasteiger partial charge in [-0.2, -0.15) is 0 Å². The lowest BCUT2D eigenvalue weighted by Gasteiger charge is -2.11. The molecule has 7 nitrogen and oxygen atoms in total. The average Bonchev–Trinajstić information content (AvgIpc) is 3.31. The van der Waals surface area contributed by atoms with Crippen LogP contribution in [0.5, 0.6) is 5.75 Å². The number of H-pyrrole nitrogens is 1. The van der Waals surface area contributed by atoms with Gasteiger partial charge in [-0.15, -0.1) is 0 Å². The van der Waals surface area contributed by atoms with Crippen LogP contribution in [0.3, 0.4) is 0 Å². The zero-order valence-electron chi connectivity index (χ0n) is 15.6. The van der Waals surface area contributed by atoms with Crippen molar-refractivity contribution in [1.29, 1.82) is 0 Å². The van der Waals surface area contributed by atoms with Gasteiger partial charge in [0.15, 0.2) is 11.5 Å². The maximum absolute atomic E-state index is 12.8. The lowest BCUT2D eigenvalue weighted by atomic mass is 10.2. The number of amides is 1. The molecule has 5 rings (SSSR count). The van der Waals surface area contributed by atoms with Crippen LogP contribution < -0.4 is 10.2 Å². The van der Waals surface area contributed by atoms with Gasteiger partial charge < -0.3 is 9.72 Å². The van der Waals surface area contributed by atoms with Crippen LogP contribution in [0.4, 0.5) is 0 Å². The first-order chi connectivity index (χ1) is 14.2. The van der Waals surface area contributed by atoms with Crippen molar-refractivity contribution in [3.05, 3.63) is 78.6 Å². The molecule has 2 aromatic carbocycles. The third-order valence-electron chi connectivity index (χ3n) is 4.82. The van der Waals surface area contributed by atoms with Crippen molar-refractivity contribution < 1.29 is 9.53 Å². The fourth-order valence-electron chi connectivity index (χ4n) is 3.36. The van der Waals surface area contributed by atoms with Crippen LogP contribution in [0.25, 0.3) is 33.5 Å². The Morgan fingerprint density at radius 3 is 2.55 bits per heavy atom. The number of benzene rings is 2. The van der Waals surface area contributed by atoms with Gasteiger partial charge in [0.05, 0.1) is 7.11 Å². The number of nitrogens with zero attached hydrogens (tertiary/aromatic N) is 3. The number of aromatic amines is 1. The molecule has 3 heterocycles. The third kappa shape index (κ3) is 2.89. The predicted molar refractivity (Wildman–Crippen MR) is 112 cm³/mol. The Morgan fingerprint density at radius 1 is 1.03 bits per heavy atom. The van der Waals surface area contributed by atoms with Crippen molar-refractivity contribution in [3.63, 3.8) is 0 Å². The summed E-state index contributed by atoms with van der Waals surface area (Å²) in [5.41, 5.74) is 6.80. The van der Waals surface area contributed by atoms with Gasteiger partial charge in [0, 0.05) is 34.4 Å². The normalized spacial score (nSPS) is 11.1. The van der Waals surface area contributed by atoms with Crippen LogP contribution >= 0.6 is 0 Å². The monoisotopic (exact) mass is 383 g/mol. The Hall–Kier alpha value is -4.13. The van der Waals surface area contributed by atoms with Gasteiger partial charge in [-0.25, -0.2) is 9.66 Å². The first-order valence-electron chi connectivity index (χ1n) is 9.09. The number of ether oxygens (including phenoxy) is 1. The third-order valence-corrected chi connectivity index (χ3v) is 4.82. The van der Waals surface area contributed by atoms with Crippen LogP contribution in [0.1, 0.15) is 10.4 Å². The Morgan fingerprint density at radius 2 is 1.79 bits per heavy atom. The zero-order chi connectivity index (χ0) is 19.8. The van der Waals surface area contributed by atoms with Crippen molar-refractivity contribution in [3.8, 4) is 17.1 Å². The highest BCUT2D eigenvalue weighted by Gasteiger charge is 2.19. The second-order valence-corrected chi connectivity index (χ2v) is 6.54. The molecule has 3 aromatic heterocycles. The second kappa shape index (κ2) is 6.79. The SMILES string of the molecule is COc1ccc(-c2nc3c4ccccc4[nH]c3n2NC(=O)c2ccncc2)cc1. The van der Waals surface area contributed by atoms with Crippen LogP contribution in [0, 0.1) is 0 Å². The number of para-hydroxylation sites is 1. The first-order valence-corrected chi connectivity index (χ1v) is 9.09. The van der Waals surface area contributed by atoms with Gasteiger partial charge in [-0.1, -0.05) is 18.2 Å². The number of rotatable bonds is 4. The van der Waals surface area contributed by atoms with E-state index < -0.39 is 0 Å². The Bertz CT molecular complexity index is 1320. The average molecular weight is 383 g/mol. The molecule has 7 heteroatoms. The topological polar surface area (TPSA) is 84.8 Å². The van der Waals surface area contributed by atoms with E-state index in [4.69, 9.17) is 9.72 Å². The maximum Gasteiger partial charge on any atom is 0.270 e. The van der Waals surface area contributed by atoms with Crippen LogP contribution in [-0.4, -0.2) is 32.6 Å². The largest absolute Gasteiger partial charge is 0.497 e. The highest BCUT2D eigenvalue weighted by atomic mass is 16.5. The highest BCUT2D eigenvalue weighted by molar-refractivity contribution is 6.07. The number of aromatic nitrogens is 4. The molecule has 142 valence electrons. The molecule has 1 amide bonds. The van der Waals surface area contributed by atoms with Gasteiger partial charge in [-0.3, -0.25) is 15.2 Å². The first kappa shape index (κ1) is 17.0. The van der Waals surface area contributed by atoms with Crippen molar-refractivity contribution in [2.24, 2.45) is 0 Å².